The average Bonchev–Trinajstić information content (AvgIpc) is 2.96. The second-order valence-corrected chi connectivity index (χ2v) is 6.11. The van der Waals surface area contributed by atoms with Crippen molar-refractivity contribution in [1.82, 2.24) is 5.32 Å². The molecule has 1 aliphatic carbocycles. The molecule has 1 aromatic carbocycles. The van der Waals surface area contributed by atoms with Crippen molar-refractivity contribution in [2.75, 3.05) is 6.54 Å². The Morgan fingerprint density at radius 3 is 2.52 bits per heavy atom. The maximum absolute atomic E-state index is 13.1. The summed E-state index contributed by atoms with van der Waals surface area (Å²) < 4.78 is 13.1. The van der Waals surface area contributed by atoms with Crippen LogP contribution in [0, 0.1) is 5.82 Å². The normalized spacial score (nSPS) is 18.4. The summed E-state index contributed by atoms with van der Waals surface area (Å²) in [5.74, 6) is -0.300. The molecule has 0 saturated heterocycles. The minimum atomic E-state index is -0.429. The van der Waals surface area contributed by atoms with Crippen molar-refractivity contribution >= 4 is 5.91 Å². The van der Waals surface area contributed by atoms with Gasteiger partial charge in [-0.25, -0.2) is 4.39 Å². The topological polar surface area (TPSA) is 55.1 Å². The second kappa shape index (κ2) is 7.03. The molecule has 2 rings (SSSR count). The third-order valence-electron chi connectivity index (χ3n) is 4.55. The highest BCUT2D eigenvalue weighted by Gasteiger charge is 2.36. The first kappa shape index (κ1) is 16.0. The van der Waals surface area contributed by atoms with E-state index >= 15 is 0 Å². The minimum Gasteiger partial charge on any atom is -0.354 e. The second-order valence-electron chi connectivity index (χ2n) is 6.11. The molecule has 1 atom stereocenters. The summed E-state index contributed by atoms with van der Waals surface area (Å²) in [5, 5.41) is 3.01. The van der Waals surface area contributed by atoms with Crippen LogP contribution in [-0.4, -0.2) is 18.5 Å². The number of carbonyl (C=O) groups is 1. The third kappa shape index (κ3) is 3.82. The first-order valence-corrected chi connectivity index (χ1v) is 7.87. The Morgan fingerprint density at radius 2 is 1.95 bits per heavy atom. The lowest BCUT2D eigenvalue weighted by atomic mass is 9.78. The number of amides is 1. The van der Waals surface area contributed by atoms with Crippen molar-refractivity contribution in [2.24, 2.45) is 5.73 Å². The Morgan fingerprint density at radius 1 is 1.33 bits per heavy atom. The summed E-state index contributed by atoms with van der Waals surface area (Å²) in [6, 6.07) is 6.26. The molecule has 116 valence electrons. The SMILES string of the molecule is CCCC(N)C(=O)NCC1(c2ccc(F)cc2)CCCC1. The molecule has 0 aromatic heterocycles. The number of rotatable bonds is 6. The van der Waals surface area contributed by atoms with E-state index in [1.54, 1.807) is 0 Å². The van der Waals surface area contributed by atoms with Crippen molar-refractivity contribution in [3.05, 3.63) is 35.6 Å². The Hall–Kier alpha value is -1.42. The molecule has 0 radical (unpaired) electrons. The lowest BCUT2D eigenvalue weighted by Gasteiger charge is -2.30. The van der Waals surface area contributed by atoms with Gasteiger partial charge < -0.3 is 11.1 Å². The molecule has 1 fully saturated rings. The standard InChI is InChI=1S/C17H25FN2O/c1-2-5-15(19)16(21)20-12-17(10-3-4-11-17)13-6-8-14(18)9-7-13/h6-9,15H,2-5,10-12,19H2,1H3,(H,20,21). The van der Waals surface area contributed by atoms with Gasteiger partial charge in [-0.15, -0.1) is 0 Å². The lowest BCUT2D eigenvalue weighted by molar-refractivity contribution is -0.122. The number of nitrogens with two attached hydrogens (primary N) is 1. The number of benzene rings is 1. The molecule has 1 amide bonds. The molecule has 3 nitrogen and oxygen atoms in total. The van der Waals surface area contributed by atoms with Gasteiger partial charge in [-0.2, -0.15) is 0 Å². The van der Waals surface area contributed by atoms with Gasteiger partial charge in [-0.3, -0.25) is 4.79 Å². The van der Waals surface area contributed by atoms with Crippen LogP contribution in [0.1, 0.15) is 51.0 Å². The van der Waals surface area contributed by atoms with E-state index in [2.05, 4.69) is 5.32 Å². The molecule has 1 unspecified atom stereocenters. The predicted molar refractivity (Wildman–Crippen MR) is 82.4 cm³/mol. The van der Waals surface area contributed by atoms with Crippen molar-refractivity contribution in [2.45, 2.75) is 56.9 Å². The van der Waals surface area contributed by atoms with Crippen LogP contribution >= 0.6 is 0 Å². The molecule has 0 heterocycles. The van der Waals surface area contributed by atoms with Crippen LogP contribution in [0.15, 0.2) is 24.3 Å². The van der Waals surface area contributed by atoms with E-state index in [-0.39, 0.29) is 17.1 Å². The summed E-state index contributed by atoms with van der Waals surface area (Å²) in [6.07, 6.45) is 5.96. The first-order valence-electron chi connectivity index (χ1n) is 7.87. The minimum absolute atomic E-state index is 0.0602. The molecule has 3 N–H and O–H groups in total. The van der Waals surface area contributed by atoms with Crippen LogP contribution in [0.25, 0.3) is 0 Å². The maximum atomic E-state index is 13.1. The Labute approximate surface area is 126 Å². The molecule has 0 bridgehead atoms. The van der Waals surface area contributed by atoms with Gasteiger partial charge in [0.15, 0.2) is 0 Å². The highest BCUT2D eigenvalue weighted by atomic mass is 19.1. The Bertz CT molecular complexity index is 466. The summed E-state index contributed by atoms with van der Waals surface area (Å²) in [6.45, 7) is 2.61. The maximum Gasteiger partial charge on any atom is 0.236 e. The monoisotopic (exact) mass is 292 g/mol. The van der Waals surface area contributed by atoms with Gasteiger partial charge in [0.2, 0.25) is 5.91 Å². The molecule has 0 spiro atoms. The molecule has 21 heavy (non-hydrogen) atoms. The number of hydrogen-bond donors (Lipinski definition) is 2. The van der Waals surface area contributed by atoms with Crippen molar-refractivity contribution in [1.29, 1.82) is 0 Å². The number of nitrogens with one attached hydrogen (secondary N) is 1. The first-order chi connectivity index (χ1) is 10.1. The lowest BCUT2D eigenvalue weighted by Crippen LogP contribution is -2.46. The smallest absolute Gasteiger partial charge is 0.236 e. The van der Waals surface area contributed by atoms with Gasteiger partial charge >= 0.3 is 0 Å². The summed E-state index contributed by atoms with van der Waals surface area (Å²) in [7, 11) is 0. The van der Waals surface area contributed by atoms with Crippen molar-refractivity contribution in [3.63, 3.8) is 0 Å². The van der Waals surface area contributed by atoms with Crippen LogP contribution in [-0.2, 0) is 10.2 Å². The van der Waals surface area contributed by atoms with Crippen LogP contribution in [0.4, 0.5) is 4.39 Å². The average molecular weight is 292 g/mol. The van der Waals surface area contributed by atoms with Crippen LogP contribution in [0.2, 0.25) is 0 Å². The van der Waals surface area contributed by atoms with E-state index in [4.69, 9.17) is 5.73 Å². The fourth-order valence-electron chi connectivity index (χ4n) is 3.25. The molecule has 1 aliphatic rings. The molecule has 1 aromatic rings. The van der Waals surface area contributed by atoms with Gasteiger partial charge in [0.1, 0.15) is 5.82 Å². The van der Waals surface area contributed by atoms with E-state index in [9.17, 15) is 9.18 Å². The van der Waals surface area contributed by atoms with Crippen LogP contribution in [0.3, 0.4) is 0 Å². The van der Waals surface area contributed by atoms with E-state index < -0.39 is 6.04 Å². The van der Waals surface area contributed by atoms with Crippen LogP contribution < -0.4 is 11.1 Å². The molecule has 0 aliphatic heterocycles. The van der Waals surface area contributed by atoms with Gasteiger partial charge in [0.05, 0.1) is 6.04 Å². The zero-order valence-corrected chi connectivity index (χ0v) is 12.7. The van der Waals surface area contributed by atoms with E-state index in [1.807, 2.05) is 19.1 Å². The summed E-state index contributed by atoms with van der Waals surface area (Å²) >= 11 is 0. The van der Waals surface area contributed by atoms with E-state index in [0.717, 1.165) is 37.7 Å². The fourth-order valence-corrected chi connectivity index (χ4v) is 3.25. The van der Waals surface area contributed by atoms with Crippen molar-refractivity contribution in [3.8, 4) is 0 Å². The highest BCUT2D eigenvalue weighted by Crippen LogP contribution is 2.40. The van der Waals surface area contributed by atoms with Gasteiger partial charge in [-0.05, 0) is 37.0 Å². The third-order valence-corrected chi connectivity index (χ3v) is 4.55. The number of hydrogen-bond acceptors (Lipinski definition) is 2. The number of halogens is 1. The zero-order chi connectivity index (χ0) is 15.3. The predicted octanol–water partition coefficient (Wildman–Crippen LogP) is 2.88. The molecular weight excluding hydrogens is 267 g/mol. The van der Waals surface area contributed by atoms with Crippen LogP contribution in [0.5, 0.6) is 0 Å². The van der Waals surface area contributed by atoms with Gasteiger partial charge in [0, 0.05) is 12.0 Å². The Kier molecular flexibility index (Phi) is 5.34. The van der Waals surface area contributed by atoms with Gasteiger partial charge in [-0.1, -0.05) is 38.3 Å². The summed E-state index contributed by atoms with van der Waals surface area (Å²) in [5.41, 5.74) is 6.91. The molecular formula is C17H25FN2O. The highest BCUT2D eigenvalue weighted by molar-refractivity contribution is 5.81. The zero-order valence-electron chi connectivity index (χ0n) is 12.7. The molecule has 1 saturated carbocycles. The van der Waals surface area contributed by atoms with E-state index in [0.29, 0.717) is 13.0 Å². The fraction of sp³-hybridized carbons (Fsp3) is 0.588. The van der Waals surface area contributed by atoms with Crippen molar-refractivity contribution < 1.29 is 9.18 Å². The van der Waals surface area contributed by atoms with Gasteiger partial charge in [0.25, 0.3) is 0 Å². The Balaban J connectivity index is 2.05. The number of carbonyl (C=O) groups excluding carboxylic acids is 1. The quantitative estimate of drug-likeness (QED) is 0.847. The summed E-state index contributed by atoms with van der Waals surface area (Å²) in [4.78, 5) is 12.0. The largest absolute Gasteiger partial charge is 0.354 e. The molecule has 4 heteroatoms. The van der Waals surface area contributed by atoms with E-state index in [1.165, 1.54) is 12.1 Å².